The van der Waals surface area contributed by atoms with Crippen molar-refractivity contribution in [3.63, 3.8) is 0 Å². The number of carbonyl (C=O) groups is 3. The zero-order valence-electron chi connectivity index (χ0n) is 15.3. The van der Waals surface area contributed by atoms with Gasteiger partial charge in [-0.1, -0.05) is 6.07 Å². The number of nitrogens with zero attached hydrogens (tertiary/aromatic N) is 1. The molecule has 1 aliphatic heterocycles. The van der Waals surface area contributed by atoms with Crippen molar-refractivity contribution in [3.05, 3.63) is 52.2 Å². The molecule has 1 aliphatic rings. The molecule has 1 saturated heterocycles. The van der Waals surface area contributed by atoms with Gasteiger partial charge in [-0.3, -0.25) is 14.4 Å². The number of carbonyl (C=O) groups excluding carboxylic acids is 3. The van der Waals surface area contributed by atoms with Crippen molar-refractivity contribution in [3.8, 4) is 5.75 Å². The Morgan fingerprint density at radius 3 is 2.37 bits per heavy atom. The maximum absolute atomic E-state index is 12.6. The van der Waals surface area contributed by atoms with Gasteiger partial charge in [-0.2, -0.15) is 0 Å². The van der Waals surface area contributed by atoms with Crippen LogP contribution < -0.4 is 4.74 Å². The van der Waals surface area contributed by atoms with E-state index in [0.29, 0.717) is 36.4 Å². The molecule has 0 N–H and O–H groups in total. The molecule has 1 aromatic carbocycles. The fourth-order valence-electron chi connectivity index (χ4n) is 3.32. The lowest BCUT2D eigenvalue weighted by atomic mass is 9.88. The van der Waals surface area contributed by atoms with E-state index in [1.807, 2.05) is 11.4 Å². The van der Waals surface area contributed by atoms with E-state index in [1.54, 1.807) is 42.3 Å². The summed E-state index contributed by atoms with van der Waals surface area (Å²) >= 11 is 1.40. The van der Waals surface area contributed by atoms with Crippen LogP contribution in [0, 0.1) is 5.92 Å². The van der Waals surface area contributed by atoms with Gasteiger partial charge in [0.1, 0.15) is 5.75 Å². The maximum Gasteiger partial charge on any atom is 0.223 e. The molecule has 27 heavy (non-hydrogen) atoms. The summed E-state index contributed by atoms with van der Waals surface area (Å²) in [6.45, 7) is 1.14. The molecular weight excluding hydrogens is 362 g/mol. The zero-order valence-corrected chi connectivity index (χ0v) is 16.2. The molecule has 5 nitrogen and oxygen atoms in total. The van der Waals surface area contributed by atoms with Crippen LogP contribution in [-0.2, 0) is 4.79 Å². The van der Waals surface area contributed by atoms with Crippen molar-refractivity contribution in [2.75, 3.05) is 20.2 Å². The minimum Gasteiger partial charge on any atom is -0.497 e. The highest BCUT2D eigenvalue weighted by molar-refractivity contribution is 7.12. The molecule has 0 saturated carbocycles. The van der Waals surface area contributed by atoms with Crippen molar-refractivity contribution < 1.29 is 19.1 Å². The summed E-state index contributed by atoms with van der Waals surface area (Å²) < 4.78 is 5.12. The summed E-state index contributed by atoms with van der Waals surface area (Å²) in [6.07, 6.45) is 1.79. The number of ketones is 2. The van der Waals surface area contributed by atoms with E-state index in [1.165, 1.54) is 11.3 Å². The topological polar surface area (TPSA) is 63.7 Å². The van der Waals surface area contributed by atoms with Crippen molar-refractivity contribution >= 4 is 28.8 Å². The van der Waals surface area contributed by atoms with Crippen LogP contribution in [0.2, 0.25) is 0 Å². The van der Waals surface area contributed by atoms with E-state index in [2.05, 4.69) is 0 Å². The maximum atomic E-state index is 12.6. The summed E-state index contributed by atoms with van der Waals surface area (Å²) in [4.78, 5) is 39.5. The van der Waals surface area contributed by atoms with Crippen molar-refractivity contribution in [1.29, 1.82) is 0 Å². The van der Waals surface area contributed by atoms with Crippen LogP contribution >= 0.6 is 11.3 Å². The van der Waals surface area contributed by atoms with Gasteiger partial charge in [-0.25, -0.2) is 0 Å². The molecular formula is C21H23NO4S. The van der Waals surface area contributed by atoms with Crippen LogP contribution in [0.25, 0.3) is 0 Å². The average Bonchev–Trinajstić information content (AvgIpc) is 3.26. The van der Waals surface area contributed by atoms with Gasteiger partial charge in [0.25, 0.3) is 0 Å². The minimum atomic E-state index is -0.0600. The lowest BCUT2D eigenvalue weighted by Gasteiger charge is -2.31. The van der Waals surface area contributed by atoms with E-state index >= 15 is 0 Å². The number of likely N-dealkylation sites (tertiary alicyclic amines) is 1. The Balaban J connectivity index is 1.46. The Kier molecular flexibility index (Phi) is 6.40. The molecule has 0 spiro atoms. The number of amides is 1. The summed E-state index contributed by atoms with van der Waals surface area (Å²) in [6, 6.07) is 10.8. The third kappa shape index (κ3) is 4.83. The van der Waals surface area contributed by atoms with Gasteiger partial charge in [0.15, 0.2) is 11.6 Å². The van der Waals surface area contributed by atoms with E-state index in [0.717, 1.165) is 5.75 Å². The molecule has 6 heteroatoms. The molecule has 1 amide bonds. The Morgan fingerprint density at radius 1 is 1.07 bits per heavy atom. The van der Waals surface area contributed by atoms with Crippen LogP contribution in [-0.4, -0.2) is 42.6 Å². The number of benzene rings is 1. The summed E-state index contributed by atoms with van der Waals surface area (Å²) in [5, 5.41) is 1.86. The normalized spacial score (nSPS) is 14.8. The number of piperidine rings is 1. The number of rotatable bonds is 7. The van der Waals surface area contributed by atoms with Crippen LogP contribution in [0.15, 0.2) is 41.8 Å². The second kappa shape index (κ2) is 8.95. The van der Waals surface area contributed by atoms with Crippen LogP contribution in [0.4, 0.5) is 0 Å². The first-order valence-corrected chi connectivity index (χ1v) is 9.99. The van der Waals surface area contributed by atoms with Crippen LogP contribution in [0.5, 0.6) is 5.75 Å². The summed E-state index contributed by atoms with van der Waals surface area (Å²) in [5.74, 6) is 0.801. The van der Waals surface area contributed by atoms with E-state index in [4.69, 9.17) is 4.74 Å². The van der Waals surface area contributed by atoms with Crippen LogP contribution in [0.1, 0.15) is 45.7 Å². The standard InChI is InChI=1S/C21H23NO4S/c1-26-17-6-4-15(5-7-17)21(25)16-10-12-22(13-11-16)20(24)9-8-18(23)19-3-2-14-27-19/h2-7,14,16H,8-13H2,1H3. The Bertz CT molecular complexity index is 790. The SMILES string of the molecule is COc1ccc(C(=O)C2CCN(C(=O)CCC(=O)c3cccs3)CC2)cc1. The second-order valence-corrected chi connectivity index (χ2v) is 7.60. The summed E-state index contributed by atoms with van der Waals surface area (Å²) in [7, 11) is 1.59. The second-order valence-electron chi connectivity index (χ2n) is 6.65. The minimum absolute atomic E-state index is 0.00440. The fourth-order valence-corrected chi connectivity index (χ4v) is 4.02. The number of ether oxygens (including phenoxy) is 1. The zero-order chi connectivity index (χ0) is 19.2. The molecule has 0 unspecified atom stereocenters. The fraction of sp³-hybridized carbons (Fsp3) is 0.381. The largest absolute Gasteiger partial charge is 0.497 e. The number of thiophene rings is 1. The lowest BCUT2D eigenvalue weighted by Crippen LogP contribution is -2.40. The Labute approximate surface area is 162 Å². The first-order valence-electron chi connectivity index (χ1n) is 9.11. The van der Waals surface area contributed by atoms with E-state index in [-0.39, 0.29) is 36.2 Å². The summed E-state index contributed by atoms with van der Waals surface area (Å²) in [5.41, 5.74) is 0.683. The van der Waals surface area contributed by atoms with Gasteiger partial charge in [-0.15, -0.1) is 11.3 Å². The highest BCUT2D eigenvalue weighted by Gasteiger charge is 2.28. The number of hydrogen-bond acceptors (Lipinski definition) is 5. The predicted octanol–water partition coefficient (Wildman–Crippen LogP) is 3.84. The average molecular weight is 385 g/mol. The number of hydrogen-bond donors (Lipinski definition) is 0. The smallest absolute Gasteiger partial charge is 0.223 e. The van der Waals surface area contributed by atoms with Gasteiger partial charge < -0.3 is 9.64 Å². The molecule has 1 aromatic heterocycles. The molecule has 0 radical (unpaired) electrons. The van der Waals surface area contributed by atoms with E-state index < -0.39 is 0 Å². The highest BCUT2D eigenvalue weighted by atomic mass is 32.1. The molecule has 142 valence electrons. The van der Waals surface area contributed by atoms with E-state index in [9.17, 15) is 14.4 Å². The van der Waals surface area contributed by atoms with Crippen LogP contribution in [0.3, 0.4) is 0 Å². The van der Waals surface area contributed by atoms with Gasteiger partial charge in [0, 0.05) is 37.4 Å². The third-order valence-corrected chi connectivity index (χ3v) is 5.87. The van der Waals surface area contributed by atoms with Gasteiger partial charge in [0.05, 0.1) is 12.0 Å². The molecule has 0 aliphatic carbocycles. The highest BCUT2D eigenvalue weighted by Crippen LogP contribution is 2.24. The molecule has 0 atom stereocenters. The Hall–Kier alpha value is -2.47. The predicted molar refractivity (Wildman–Crippen MR) is 105 cm³/mol. The third-order valence-electron chi connectivity index (χ3n) is 4.95. The van der Waals surface area contributed by atoms with Gasteiger partial charge in [0.2, 0.25) is 5.91 Å². The molecule has 2 heterocycles. The monoisotopic (exact) mass is 385 g/mol. The first kappa shape index (κ1) is 19.3. The Morgan fingerprint density at radius 2 is 1.78 bits per heavy atom. The van der Waals surface area contributed by atoms with Gasteiger partial charge in [-0.05, 0) is 48.6 Å². The molecule has 3 rings (SSSR count). The quantitative estimate of drug-likeness (QED) is 0.679. The molecule has 2 aromatic rings. The molecule has 0 bridgehead atoms. The lowest BCUT2D eigenvalue weighted by molar-refractivity contribution is -0.132. The van der Waals surface area contributed by atoms with Crippen molar-refractivity contribution in [2.24, 2.45) is 5.92 Å². The van der Waals surface area contributed by atoms with Crippen molar-refractivity contribution in [2.45, 2.75) is 25.7 Å². The number of Topliss-reactive ketones (excluding diaryl/α,β-unsaturated/α-hetero) is 2. The first-order chi connectivity index (χ1) is 13.1. The molecule has 1 fully saturated rings. The number of methoxy groups -OCH3 is 1. The van der Waals surface area contributed by atoms with Crippen molar-refractivity contribution in [1.82, 2.24) is 4.90 Å². The van der Waals surface area contributed by atoms with Gasteiger partial charge >= 0.3 is 0 Å².